The molecule has 0 rings (SSSR count). The average molecular weight is 143 g/mol. The van der Waals surface area contributed by atoms with E-state index in [-0.39, 0.29) is 0 Å². The predicted molar refractivity (Wildman–Crippen MR) is 44.8 cm³/mol. The molecule has 0 aliphatic heterocycles. The van der Waals surface area contributed by atoms with E-state index in [0.29, 0.717) is 12.0 Å². The van der Waals surface area contributed by atoms with E-state index in [1.54, 1.807) is 0 Å². The van der Waals surface area contributed by atoms with Gasteiger partial charge >= 0.3 is 0 Å². The molecule has 0 saturated heterocycles. The molecule has 0 saturated carbocycles. The summed E-state index contributed by atoms with van der Waals surface area (Å²) in [6.07, 6.45) is 2.35. The van der Waals surface area contributed by atoms with Gasteiger partial charge in [0.2, 0.25) is 0 Å². The first-order chi connectivity index (χ1) is 4.72. The van der Waals surface area contributed by atoms with Crippen LogP contribution in [0.15, 0.2) is 0 Å². The molecule has 1 atom stereocenters. The molecule has 0 aliphatic rings. The molecule has 1 heteroatoms. The maximum absolute atomic E-state index is 5.54. The molecular weight excluding hydrogens is 124 g/mol. The van der Waals surface area contributed by atoms with Gasteiger partial charge in [0.15, 0.2) is 0 Å². The quantitative estimate of drug-likeness (QED) is 0.575. The van der Waals surface area contributed by atoms with Gasteiger partial charge in [-0.2, -0.15) is 0 Å². The third-order valence-corrected chi connectivity index (χ3v) is 1.56. The monoisotopic (exact) mass is 143 g/mol. The van der Waals surface area contributed by atoms with Gasteiger partial charge in [0, 0.05) is 6.61 Å². The molecule has 10 heavy (non-hydrogen) atoms. The summed E-state index contributed by atoms with van der Waals surface area (Å²) < 4.78 is 5.54. The van der Waals surface area contributed by atoms with Crippen LogP contribution in [0.25, 0.3) is 0 Å². The van der Waals surface area contributed by atoms with Crippen LogP contribution < -0.4 is 0 Å². The Morgan fingerprint density at radius 1 is 1.40 bits per heavy atom. The van der Waals surface area contributed by atoms with Crippen molar-refractivity contribution in [2.75, 3.05) is 6.61 Å². The molecule has 0 heterocycles. The Hall–Kier alpha value is -0.0400. The largest absolute Gasteiger partial charge is 0.378 e. The van der Waals surface area contributed by atoms with Crippen molar-refractivity contribution in [2.24, 2.45) is 5.92 Å². The van der Waals surface area contributed by atoms with E-state index in [9.17, 15) is 0 Å². The van der Waals surface area contributed by atoms with Crippen molar-refractivity contribution < 1.29 is 4.74 Å². The minimum atomic E-state index is 0.361. The lowest BCUT2D eigenvalue weighted by Crippen LogP contribution is -2.19. The van der Waals surface area contributed by atoms with Crippen LogP contribution in [0, 0.1) is 12.8 Å². The van der Waals surface area contributed by atoms with Crippen molar-refractivity contribution in [1.29, 1.82) is 0 Å². The number of hydrogen-bond acceptors (Lipinski definition) is 1. The van der Waals surface area contributed by atoms with Gasteiger partial charge in [0.05, 0.1) is 6.10 Å². The van der Waals surface area contributed by atoms with Crippen LogP contribution >= 0.6 is 0 Å². The first kappa shape index (κ1) is 9.96. The zero-order chi connectivity index (χ0) is 7.98. The number of hydrogen-bond donors (Lipinski definition) is 0. The van der Waals surface area contributed by atoms with Gasteiger partial charge in [-0.1, -0.05) is 27.7 Å². The maximum Gasteiger partial charge on any atom is 0.0598 e. The lowest BCUT2D eigenvalue weighted by Gasteiger charge is -2.18. The molecule has 0 spiro atoms. The number of ether oxygens (including phenoxy) is 1. The molecule has 0 aliphatic carbocycles. The van der Waals surface area contributed by atoms with Gasteiger partial charge < -0.3 is 4.74 Å². The fourth-order valence-corrected chi connectivity index (χ4v) is 0.878. The second kappa shape index (κ2) is 5.72. The Kier molecular flexibility index (Phi) is 5.70. The molecule has 0 aromatic carbocycles. The highest BCUT2D eigenvalue weighted by Crippen LogP contribution is 2.09. The Bertz CT molecular complexity index is 69.1. The topological polar surface area (TPSA) is 9.23 Å². The molecule has 0 bridgehead atoms. The van der Waals surface area contributed by atoms with Crippen LogP contribution in [0.1, 0.15) is 33.6 Å². The minimum Gasteiger partial charge on any atom is -0.378 e. The summed E-state index contributed by atoms with van der Waals surface area (Å²) in [5.41, 5.74) is 0. The highest BCUT2D eigenvalue weighted by Gasteiger charge is 2.09. The van der Waals surface area contributed by atoms with Crippen LogP contribution in [-0.4, -0.2) is 12.7 Å². The SMILES string of the molecule is [CH2]CC(OCCC)C(C)C. The summed E-state index contributed by atoms with van der Waals surface area (Å²) in [6.45, 7) is 11.2. The molecule has 1 radical (unpaired) electrons. The summed E-state index contributed by atoms with van der Waals surface area (Å²) in [4.78, 5) is 0. The Labute approximate surface area is 64.8 Å². The average Bonchev–Trinajstić information content (AvgIpc) is 1.89. The van der Waals surface area contributed by atoms with Crippen molar-refractivity contribution in [3.05, 3.63) is 6.92 Å². The summed E-state index contributed by atoms with van der Waals surface area (Å²) in [5.74, 6) is 0.601. The van der Waals surface area contributed by atoms with Gasteiger partial charge in [0.1, 0.15) is 0 Å². The van der Waals surface area contributed by atoms with E-state index in [2.05, 4.69) is 27.7 Å². The van der Waals surface area contributed by atoms with E-state index >= 15 is 0 Å². The predicted octanol–water partition coefficient (Wildman–Crippen LogP) is 2.66. The molecule has 61 valence electrons. The Balaban J connectivity index is 3.40. The van der Waals surface area contributed by atoms with Gasteiger partial charge in [-0.05, 0) is 18.8 Å². The van der Waals surface area contributed by atoms with Gasteiger partial charge in [-0.15, -0.1) is 0 Å². The van der Waals surface area contributed by atoms with E-state index in [1.165, 1.54) is 0 Å². The van der Waals surface area contributed by atoms with Gasteiger partial charge in [-0.3, -0.25) is 0 Å². The lowest BCUT2D eigenvalue weighted by atomic mass is 10.1. The van der Waals surface area contributed by atoms with Crippen LogP contribution in [0.3, 0.4) is 0 Å². The molecule has 0 amide bonds. The third-order valence-electron chi connectivity index (χ3n) is 1.56. The standard InChI is InChI=1S/C9H19O/c1-5-7-10-9(6-2)8(3)4/h8-9H,2,5-7H2,1,3-4H3. The fourth-order valence-electron chi connectivity index (χ4n) is 0.878. The van der Waals surface area contributed by atoms with Crippen molar-refractivity contribution in [3.63, 3.8) is 0 Å². The van der Waals surface area contributed by atoms with Gasteiger partial charge in [-0.25, -0.2) is 0 Å². The van der Waals surface area contributed by atoms with E-state index < -0.39 is 0 Å². The molecule has 0 aromatic heterocycles. The van der Waals surface area contributed by atoms with Gasteiger partial charge in [0.25, 0.3) is 0 Å². The van der Waals surface area contributed by atoms with Crippen molar-refractivity contribution in [2.45, 2.75) is 39.7 Å². The minimum absolute atomic E-state index is 0.361. The molecular formula is C9H19O. The Morgan fingerprint density at radius 3 is 2.30 bits per heavy atom. The molecule has 0 N–H and O–H groups in total. The van der Waals surface area contributed by atoms with Crippen molar-refractivity contribution in [3.8, 4) is 0 Å². The first-order valence-corrected chi connectivity index (χ1v) is 4.13. The van der Waals surface area contributed by atoms with Crippen molar-refractivity contribution in [1.82, 2.24) is 0 Å². The summed E-state index contributed by atoms with van der Waals surface area (Å²) in [7, 11) is 0. The van der Waals surface area contributed by atoms with Crippen LogP contribution in [0.5, 0.6) is 0 Å². The molecule has 1 unspecified atom stereocenters. The summed E-state index contributed by atoms with van der Waals surface area (Å²) in [5, 5.41) is 0. The fraction of sp³-hybridized carbons (Fsp3) is 0.889. The zero-order valence-electron chi connectivity index (χ0n) is 7.39. The highest BCUT2D eigenvalue weighted by molar-refractivity contribution is 4.62. The zero-order valence-corrected chi connectivity index (χ0v) is 7.39. The molecule has 0 fully saturated rings. The third kappa shape index (κ3) is 3.89. The smallest absolute Gasteiger partial charge is 0.0598 e. The second-order valence-electron chi connectivity index (χ2n) is 2.94. The van der Waals surface area contributed by atoms with Crippen LogP contribution in [0.4, 0.5) is 0 Å². The van der Waals surface area contributed by atoms with E-state index in [1.807, 2.05) is 0 Å². The van der Waals surface area contributed by atoms with Crippen LogP contribution in [-0.2, 0) is 4.74 Å². The first-order valence-electron chi connectivity index (χ1n) is 4.13. The van der Waals surface area contributed by atoms with Crippen molar-refractivity contribution >= 4 is 0 Å². The highest BCUT2D eigenvalue weighted by atomic mass is 16.5. The second-order valence-corrected chi connectivity index (χ2v) is 2.94. The van der Waals surface area contributed by atoms with E-state index in [4.69, 9.17) is 4.74 Å². The molecule has 0 aromatic rings. The normalized spacial score (nSPS) is 14.1. The summed E-state index contributed by atoms with van der Waals surface area (Å²) >= 11 is 0. The lowest BCUT2D eigenvalue weighted by molar-refractivity contribution is 0.0245. The van der Waals surface area contributed by atoms with Crippen LogP contribution in [0.2, 0.25) is 0 Å². The maximum atomic E-state index is 5.54. The van der Waals surface area contributed by atoms with E-state index in [0.717, 1.165) is 19.4 Å². The molecule has 1 nitrogen and oxygen atoms in total. The Morgan fingerprint density at radius 2 is 2.00 bits per heavy atom. The summed E-state index contributed by atoms with van der Waals surface area (Å²) in [6, 6.07) is 0. The number of rotatable bonds is 5.